The van der Waals surface area contributed by atoms with Crippen LogP contribution in [0.2, 0.25) is 0 Å². The second-order valence-electron chi connectivity index (χ2n) is 10.0. The van der Waals surface area contributed by atoms with Gasteiger partial charge in [-0.15, -0.1) is 0 Å². The molecule has 40 heavy (non-hydrogen) atoms. The number of fused-ring (bicyclic) bond motifs is 2. The monoisotopic (exact) mass is 542 g/mol. The largest absolute Gasteiger partial charge is 0.456 e. The Morgan fingerprint density at radius 3 is 2.40 bits per heavy atom. The lowest BCUT2D eigenvalue weighted by atomic mass is 9.89. The van der Waals surface area contributed by atoms with E-state index in [1.807, 2.05) is 37.3 Å². The van der Waals surface area contributed by atoms with Gasteiger partial charge in [-0.1, -0.05) is 18.2 Å². The van der Waals surface area contributed by atoms with Crippen molar-refractivity contribution in [1.82, 2.24) is 10.2 Å². The third-order valence-electron chi connectivity index (χ3n) is 7.12. The Labute approximate surface area is 236 Å². The molecule has 2 aliphatic rings. The Balaban J connectivity index is 1.86. The van der Waals surface area contributed by atoms with Crippen molar-refractivity contribution in [3.63, 3.8) is 0 Å². The van der Waals surface area contributed by atoms with Gasteiger partial charge in [0.2, 0.25) is 0 Å². The van der Waals surface area contributed by atoms with Crippen LogP contribution < -0.4 is 27.5 Å². The first-order chi connectivity index (χ1) is 19.4. The van der Waals surface area contributed by atoms with Crippen molar-refractivity contribution in [2.75, 3.05) is 57.7 Å². The number of aryl methyl sites for hydroxylation is 2. The number of benzene rings is 3. The van der Waals surface area contributed by atoms with Crippen molar-refractivity contribution >= 4 is 22.6 Å². The third-order valence-corrected chi connectivity index (χ3v) is 7.12. The summed E-state index contributed by atoms with van der Waals surface area (Å²) in [5.41, 5.74) is 18.9. The van der Waals surface area contributed by atoms with Crippen LogP contribution in [0.5, 0.6) is 0 Å². The molecule has 1 aliphatic heterocycles. The number of nitrogens with one attached hydrogen (secondary N) is 2. The molecule has 8 heteroatoms. The zero-order chi connectivity index (χ0) is 28.6. The molecule has 2 aromatic carbocycles. The zero-order valence-electron chi connectivity index (χ0n) is 24.1. The minimum atomic E-state index is -0.117. The quantitative estimate of drug-likeness (QED) is 0.200. The van der Waals surface area contributed by atoms with Crippen molar-refractivity contribution in [3.8, 4) is 22.5 Å². The summed E-state index contributed by atoms with van der Waals surface area (Å²) in [4.78, 5) is 20.4. The molecule has 2 aromatic rings. The van der Waals surface area contributed by atoms with E-state index in [0.29, 0.717) is 38.3 Å². The van der Waals surface area contributed by atoms with E-state index in [-0.39, 0.29) is 5.91 Å². The highest BCUT2D eigenvalue weighted by atomic mass is 16.3. The molecule has 8 nitrogen and oxygen atoms in total. The molecule has 0 bridgehead atoms. The summed E-state index contributed by atoms with van der Waals surface area (Å²) in [5, 5.41) is 8.42. The van der Waals surface area contributed by atoms with Crippen molar-refractivity contribution in [1.29, 1.82) is 0 Å². The number of amides is 1. The van der Waals surface area contributed by atoms with E-state index in [0.717, 1.165) is 75.2 Å². The molecule has 1 aliphatic carbocycles. The number of carbonyl (C=O) groups excluding carboxylic acids is 1. The van der Waals surface area contributed by atoms with Crippen molar-refractivity contribution in [2.45, 2.75) is 27.7 Å². The summed E-state index contributed by atoms with van der Waals surface area (Å²) >= 11 is 0. The standard InChI is InChI=1S/C32H42N6O2/c1-5-35-27-19-29-25(17-21(27)3)31(26-18-22(4)28(36-6-2)20-30(26)40-29)23-9-7-8-10-24(23)32(39)37-13-16-38(14-11-33)15-12-34/h7-10,17-20,35H,5-6,11-16,33-34H2,1-4H3,(H,37,39). The van der Waals surface area contributed by atoms with Crippen molar-refractivity contribution < 1.29 is 9.21 Å². The first-order valence-corrected chi connectivity index (χ1v) is 14.2. The maximum atomic E-state index is 13.6. The number of anilines is 1. The normalized spacial score (nSPS) is 12.0. The number of nitrogens with two attached hydrogens (primary N) is 2. The molecule has 0 atom stereocenters. The summed E-state index contributed by atoms with van der Waals surface area (Å²) in [6, 6.07) is 16.1. The Bertz CT molecular complexity index is 1500. The highest BCUT2D eigenvalue weighted by Crippen LogP contribution is 2.42. The SMILES string of the molecule is CCN=c1cc2oc3cc(NCC)c(C)cc3c(-c3ccccc3C(=O)NCCN(CCN)CCN)c-2cc1C. The van der Waals surface area contributed by atoms with Crippen molar-refractivity contribution in [3.05, 3.63) is 70.6 Å². The highest BCUT2D eigenvalue weighted by molar-refractivity contribution is 6.09. The summed E-state index contributed by atoms with van der Waals surface area (Å²) < 4.78 is 6.50. The Kier molecular flexibility index (Phi) is 9.93. The number of carbonyl (C=O) groups is 1. The molecule has 0 fully saturated rings. The molecular formula is C32H42N6O2. The molecule has 0 radical (unpaired) electrons. The van der Waals surface area contributed by atoms with Crippen LogP contribution in [-0.2, 0) is 0 Å². The van der Waals surface area contributed by atoms with Crippen LogP contribution in [0.1, 0.15) is 35.3 Å². The average molecular weight is 543 g/mol. The molecule has 1 amide bonds. The van der Waals surface area contributed by atoms with Crippen LogP contribution in [-0.4, -0.2) is 63.2 Å². The fraction of sp³-hybridized carbons (Fsp3) is 0.375. The average Bonchev–Trinajstić information content (AvgIpc) is 2.94. The van der Waals surface area contributed by atoms with Crippen LogP contribution in [0.4, 0.5) is 5.69 Å². The summed E-state index contributed by atoms with van der Waals surface area (Å²) in [5.74, 6) is 0.620. The third kappa shape index (κ3) is 6.36. The predicted molar refractivity (Wildman–Crippen MR) is 165 cm³/mol. The molecule has 1 heterocycles. The Morgan fingerprint density at radius 2 is 1.70 bits per heavy atom. The number of hydrogen-bond acceptors (Lipinski definition) is 7. The van der Waals surface area contributed by atoms with Gasteiger partial charge in [0, 0.05) is 92.3 Å². The van der Waals surface area contributed by atoms with Gasteiger partial charge in [0.25, 0.3) is 5.91 Å². The lowest BCUT2D eigenvalue weighted by Gasteiger charge is -2.21. The molecule has 6 N–H and O–H groups in total. The highest BCUT2D eigenvalue weighted by Gasteiger charge is 2.23. The van der Waals surface area contributed by atoms with Gasteiger partial charge in [-0.25, -0.2) is 0 Å². The van der Waals surface area contributed by atoms with Gasteiger partial charge in [0.15, 0.2) is 0 Å². The second-order valence-corrected chi connectivity index (χ2v) is 10.0. The van der Waals surface area contributed by atoms with E-state index in [9.17, 15) is 4.79 Å². The van der Waals surface area contributed by atoms with E-state index in [1.165, 1.54) is 0 Å². The zero-order valence-corrected chi connectivity index (χ0v) is 24.1. The summed E-state index contributed by atoms with van der Waals surface area (Å²) in [6.07, 6.45) is 0. The first-order valence-electron chi connectivity index (χ1n) is 14.2. The van der Waals surface area contributed by atoms with Gasteiger partial charge in [0.05, 0.1) is 5.36 Å². The van der Waals surface area contributed by atoms with Gasteiger partial charge in [0.1, 0.15) is 11.3 Å². The number of rotatable bonds is 12. The fourth-order valence-electron chi connectivity index (χ4n) is 5.22. The molecular weight excluding hydrogens is 500 g/mol. The second kappa shape index (κ2) is 13.6. The Hall–Kier alpha value is -3.72. The van der Waals surface area contributed by atoms with Crippen LogP contribution in [0.25, 0.3) is 33.4 Å². The van der Waals surface area contributed by atoms with E-state index >= 15 is 0 Å². The van der Waals surface area contributed by atoms with Gasteiger partial charge in [-0.3, -0.25) is 14.7 Å². The van der Waals surface area contributed by atoms with Crippen molar-refractivity contribution in [2.24, 2.45) is 16.5 Å². The predicted octanol–water partition coefficient (Wildman–Crippen LogP) is 4.12. The molecule has 0 spiro atoms. The van der Waals surface area contributed by atoms with Crippen LogP contribution in [0.15, 0.2) is 57.9 Å². The minimum Gasteiger partial charge on any atom is -0.456 e. The lowest BCUT2D eigenvalue weighted by Crippen LogP contribution is -2.39. The van der Waals surface area contributed by atoms with Crippen LogP contribution >= 0.6 is 0 Å². The van der Waals surface area contributed by atoms with E-state index in [1.54, 1.807) is 0 Å². The minimum absolute atomic E-state index is 0.117. The van der Waals surface area contributed by atoms with Gasteiger partial charge in [-0.05, 0) is 62.6 Å². The maximum Gasteiger partial charge on any atom is 0.251 e. The topological polar surface area (TPSA) is 122 Å². The molecule has 0 saturated carbocycles. The fourth-order valence-corrected chi connectivity index (χ4v) is 5.22. The smallest absolute Gasteiger partial charge is 0.251 e. The number of nitrogens with zero attached hydrogens (tertiary/aromatic N) is 2. The summed E-state index contributed by atoms with van der Waals surface area (Å²) in [7, 11) is 0. The molecule has 0 saturated heterocycles. The molecule has 0 aromatic heterocycles. The maximum absolute atomic E-state index is 13.6. The van der Waals surface area contributed by atoms with E-state index < -0.39 is 0 Å². The first kappa shape index (κ1) is 29.3. The molecule has 0 unspecified atom stereocenters. The van der Waals surface area contributed by atoms with Gasteiger partial charge >= 0.3 is 0 Å². The van der Waals surface area contributed by atoms with Gasteiger partial charge in [-0.2, -0.15) is 0 Å². The van der Waals surface area contributed by atoms with Crippen LogP contribution in [0.3, 0.4) is 0 Å². The van der Waals surface area contributed by atoms with E-state index in [2.05, 4.69) is 59.5 Å². The Morgan fingerprint density at radius 1 is 0.950 bits per heavy atom. The van der Waals surface area contributed by atoms with Gasteiger partial charge < -0.3 is 26.5 Å². The molecule has 212 valence electrons. The number of hydrogen-bond donors (Lipinski definition) is 4. The van der Waals surface area contributed by atoms with Crippen LogP contribution in [0, 0.1) is 13.8 Å². The van der Waals surface area contributed by atoms with E-state index in [4.69, 9.17) is 15.9 Å². The lowest BCUT2D eigenvalue weighted by molar-refractivity contribution is 0.0949. The molecule has 4 rings (SSSR count). The summed E-state index contributed by atoms with van der Waals surface area (Å²) in [6.45, 7) is 13.5.